The third-order valence-corrected chi connectivity index (χ3v) is 6.04. The van der Waals surface area contributed by atoms with Crippen LogP contribution in [0.4, 0.5) is 5.13 Å². The van der Waals surface area contributed by atoms with Crippen LogP contribution in [0, 0.1) is 33.8 Å². The number of aromatic nitrogens is 1. The highest BCUT2D eigenvalue weighted by Crippen LogP contribution is 2.29. The fourth-order valence-corrected chi connectivity index (χ4v) is 4.43. The maximum Gasteiger partial charge on any atom is 0.266 e. The number of ketones is 1. The summed E-state index contributed by atoms with van der Waals surface area (Å²) in [7, 11) is 0. The number of Topliss-reactive ketones (excluding diaryl/α,β-unsaturated/α-hetero) is 1. The summed E-state index contributed by atoms with van der Waals surface area (Å²) < 4.78 is 0. The molecule has 0 aliphatic rings. The van der Waals surface area contributed by atoms with Crippen LogP contribution >= 0.6 is 11.3 Å². The molecule has 1 heterocycles. The SMILES string of the molecule is CC(C)C[C@@H](C(=O)C[C@@H](CCCN/C(N)=N/[N+](=O)[O-])C(=O)Nc1nccs1)[C@H](C(C)C)N(O)C=O. The molecule has 35 heavy (non-hydrogen) atoms. The van der Waals surface area contributed by atoms with E-state index in [4.69, 9.17) is 5.73 Å². The Labute approximate surface area is 208 Å². The molecular weight excluding hydrogens is 478 g/mol. The van der Waals surface area contributed by atoms with Gasteiger partial charge in [0.2, 0.25) is 12.3 Å². The minimum absolute atomic E-state index is 0.108. The lowest BCUT2D eigenvalue weighted by molar-refractivity contribution is -0.485. The van der Waals surface area contributed by atoms with Crippen molar-refractivity contribution in [2.75, 3.05) is 11.9 Å². The molecule has 0 saturated carbocycles. The Morgan fingerprint density at radius 3 is 2.57 bits per heavy atom. The Balaban J connectivity index is 3.03. The third kappa shape index (κ3) is 10.8. The van der Waals surface area contributed by atoms with Crippen LogP contribution in [0.2, 0.25) is 0 Å². The summed E-state index contributed by atoms with van der Waals surface area (Å²) in [4.78, 5) is 52.2. The summed E-state index contributed by atoms with van der Waals surface area (Å²) >= 11 is 1.24. The molecule has 5 N–H and O–H groups in total. The van der Waals surface area contributed by atoms with Crippen LogP contribution in [-0.4, -0.2) is 56.9 Å². The number of nitrogens with two attached hydrogens (primary N) is 1. The van der Waals surface area contributed by atoms with Crippen molar-refractivity contribution >= 4 is 40.5 Å². The van der Waals surface area contributed by atoms with Gasteiger partial charge < -0.3 is 16.4 Å². The second-order valence-corrected chi connectivity index (χ2v) is 9.84. The zero-order chi connectivity index (χ0) is 26.5. The maximum atomic E-state index is 13.4. The van der Waals surface area contributed by atoms with Gasteiger partial charge in [0.05, 0.1) is 6.04 Å². The van der Waals surface area contributed by atoms with E-state index >= 15 is 0 Å². The number of carbonyl (C=O) groups excluding carboxylic acids is 3. The number of guanidine groups is 1. The second kappa shape index (κ2) is 15.0. The number of nitro groups is 1. The number of nitrogens with zero attached hydrogens (tertiary/aromatic N) is 4. The smallest absolute Gasteiger partial charge is 0.266 e. The number of hydrogen-bond acceptors (Lipinski definition) is 8. The van der Waals surface area contributed by atoms with E-state index in [0.717, 1.165) is 0 Å². The van der Waals surface area contributed by atoms with Crippen molar-refractivity contribution in [3.05, 3.63) is 21.7 Å². The molecule has 0 fully saturated rings. The summed E-state index contributed by atoms with van der Waals surface area (Å²) in [6.07, 6.45) is 2.81. The predicted molar refractivity (Wildman–Crippen MR) is 131 cm³/mol. The number of thiazole rings is 1. The van der Waals surface area contributed by atoms with Gasteiger partial charge in [0, 0.05) is 36.4 Å². The molecule has 0 spiro atoms. The van der Waals surface area contributed by atoms with E-state index in [2.05, 4.69) is 20.7 Å². The Hall–Kier alpha value is -3.13. The highest BCUT2D eigenvalue weighted by molar-refractivity contribution is 7.13. The average Bonchev–Trinajstić information content (AvgIpc) is 3.26. The number of carbonyl (C=O) groups is 3. The lowest BCUT2D eigenvalue weighted by Crippen LogP contribution is -2.46. The van der Waals surface area contributed by atoms with Crippen molar-refractivity contribution in [1.82, 2.24) is 15.4 Å². The van der Waals surface area contributed by atoms with Gasteiger partial charge in [-0.05, 0) is 31.1 Å². The first-order valence-electron chi connectivity index (χ1n) is 11.3. The van der Waals surface area contributed by atoms with Crippen LogP contribution in [0.3, 0.4) is 0 Å². The molecule has 13 nitrogen and oxygen atoms in total. The van der Waals surface area contributed by atoms with Gasteiger partial charge in [0.15, 0.2) is 10.2 Å². The van der Waals surface area contributed by atoms with Gasteiger partial charge in [-0.2, -0.15) is 0 Å². The van der Waals surface area contributed by atoms with E-state index < -0.39 is 22.9 Å². The molecule has 3 atom stereocenters. The fourth-order valence-electron chi connectivity index (χ4n) is 3.89. The minimum atomic E-state index is -0.922. The van der Waals surface area contributed by atoms with Crippen molar-refractivity contribution in [1.29, 1.82) is 0 Å². The van der Waals surface area contributed by atoms with Gasteiger partial charge in [-0.3, -0.25) is 19.6 Å². The molecule has 0 bridgehead atoms. The summed E-state index contributed by atoms with van der Waals surface area (Å²) in [6, 6.07) is -0.732. The van der Waals surface area contributed by atoms with E-state index in [1.54, 1.807) is 11.6 Å². The lowest BCUT2D eigenvalue weighted by atomic mass is 9.78. The third-order valence-electron chi connectivity index (χ3n) is 5.35. The van der Waals surface area contributed by atoms with E-state index in [1.807, 2.05) is 27.7 Å². The van der Waals surface area contributed by atoms with Gasteiger partial charge in [-0.1, -0.05) is 27.7 Å². The summed E-state index contributed by atoms with van der Waals surface area (Å²) in [5, 5.41) is 30.5. The summed E-state index contributed by atoms with van der Waals surface area (Å²) in [5.74, 6) is -2.46. The van der Waals surface area contributed by atoms with Crippen molar-refractivity contribution in [2.45, 2.75) is 59.4 Å². The largest absolute Gasteiger partial charge is 0.365 e. The van der Waals surface area contributed by atoms with Crippen LogP contribution < -0.4 is 16.4 Å². The Morgan fingerprint density at radius 2 is 2.06 bits per heavy atom. The van der Waals surface area contributed by atoms with E-state index in [0.29, 0.717) is 29.4 Å². The van der Waals surface area contributed by atoms with Crippen LogP contribution in [0.1, 0.15) is 53.4 Å². The maximum absolute atomic E-state index is 13.4. The molecule has 0 aliphatic carbocycles. The molecular formula is C21H35N7O6S. The van der Waals surface area contributed by atoms with Gasteiger partial charge in [0.1, 0.15) is 10.9 Å². The fraction of sp³-hybridized carbons (Fsp3) is 0.667. The Kier molecular flexibility index (Phi) is 12.8. The first-order chi connectivity index (χ1) is 16.5. The molecule has 1 aromatic rings. The van der Waals surface area contributed by atoms with Gasteiger partial charge in [-0.15, -0.1) is 11.3 Å². The molecule has 14 heteroatoms. The lowest BCUT2D eigenvalue weighted by Gasteiger charge is -2.34. The van der Waals surface area contributed by atoms with Crippen LogP contribution in [0.25, 0.3) is 0 Å². The second-order valence-electron chi connectivity index (χ2n) is 8.94. The topological polar surface area (TPSA) is 193 Å². The quantitative estimate of drug-likeness (QED) is 0.0487. The van der Waals surface area contributed by atoms with Gasteiger partial charge in [-0.25, -0.2) is 20.2 Å². The monoisotopic (exact) mass is 513 g/mol. The number of rotatable bonds is 16. The standard InChI is InChI=1S/C21H35N7O6S/c1-13(2)10-16(18(14(3)4)27(32)12-29)17(30)11-15(19(31)25-21-24-8-9-35-21)6-5-7-23-20(22)26-28(33)34/h8-9,12-16,18,32H,5-7,10-11H2,1-4H3,(H3,22,23,26)(H,24,25,31)/t15-,16+,18+/m1/s1. The Morgan fingerprint density at radius 1 is 1.37 bits per heavy atom. The molecule has 0 unspecified atom stereocenters. The van der Waals surface area contributed by atoms with Crippen molar-refractivity contribution < 1.29 is 24.6 Å². The highest BCUT2D eigenvalue weighted by atomic mass is 32.1. The zero-order valence-electron chi connectivity index (χ0n) is 20.4. The number of hydrogen-bond donors (Lipinski definition) is 4. The zero-order valence-corrected chi connectivity index (χ0v) is 21.2. The normalized spacial score (nSPS) is 14.3. The van der Waals surface area contributed by atoms with E-state index in [9.17, 15) is 29.7 Å². The first-order valence-corrected chi connectivity index (χ1v) is 12.2. The van der Waals surface area contributed by atoms with Gasteiger partial charge in [0.25, 0.3) is 5.96 Å². The molecule has 1 aromatic heterocycles. The van der Waals surface area contributed by atoms with Gasteiger partial charge >= 0.3 is 0 Å². The van der Waals surface area contributed by atoms with Crippen molar-refractivity contribution in [3.63, 3.8) is 0 Å². The van der Waals surface area contributed by atoms with Crippen LogP contribution in [0.15, 0.2) is 16.7 Å². The number of hydroxylamine groups is 2. The Bertz CT molecular complexity index is 862. The van der Waals surface area contributed by atoms with Crippen LogP contribution in [0.5, 0.6) is 0 Å². The molecule has 1 rings (SSSR count). The predicted octanol–water partition coefficient (Wildman–Crippen LogP) is 2.07. The molecule has 0 aromatic carbocycles. The number of hydrazone groups is 1. The molecule has 0 aliphatic heterocycles. The number of nitrogens with one attached hydrogen (secondary N) is 2. The average molecular weight is 514 g/mol. The molecule has 0 radical (unpaired) electrons. The van der Waals surface area contributed by atoms with Crippen molar-refractivity contribution in [2.24, 2.45) is 34.5 Å². The molecule has 196 valence electrons. The van der Waals surface area contributed by atoms with Crippen molar-refractivity contribution in [3.8, 4) is 0 Å². The number of amides is 2. The van der Waals surface area contributed by atoms with E-state index in [1.165, 1.54) is 11.3 Å². The number of anilines is 1. The molecule has 2 amide bonds. The molecule has 0 saturated heterocycles. The van der Waals surface area contributed by atoms with Crippen LogP contribution in [-0.2, 0) is 14.4 Å². The summed E-state index contributed by atoms with van der Waals surface area (Å²) in [5.41, 5.74) is 5.41. The highest BCUT2D eigenvalue weighted by Gasteiger charge is 2.36. The van der Waals surface area contributed by atoms with E-state index in [-0.39, 0.29) is 48.9 Å². The minimum Gasteiger partial charge on any atom is -0.365 e. The summed E-state index contributed by atoms with van der Waals surface area (Å²) in [6.45, 7) is 7.71. The first kappa shape index (κ1) is 29.9.